The van der Waals surface area contributed by atoms with Crippen molar-refractivity contribution in [1.82, 2.24) is 4.90 Å². The normalized spacial score (nSPS) is 21.4. The van der Waals surface area contributed by atoms with Crippen LogP contribution < -0.4 is 4.74 Å². The van der Waals surface area contributed by atoms with Crippen molar-refractivity contribution < 1.29 is 17.9 Å². The average Bonchev–Trinajstić information content (AvgIpc) is 2.37. The smallest absolute Gasteiger partial charge is 0.416 e. The maximum absolute atomic E-state index is 12.6. The molecule has 1 fully saturated rings. The second-order valence-corrected chi connectivity index (χ2v) is 4.97. The highest BCUT2D eigenvalue weighted by molar-refractivity contribution is 5.30. The zero-order valence-electron chi connectivity index (χ0n) is 10.9. The number of alkyl halides is 3. The lowest BCUT2D eigenvalue weighted by Gasteiger charge is -2.32. The van der Waals surface area contributed by atoms with Crippen LogP contribution in [-0.2, 0) is 6.18 Å². The van der Waals surface area contributed by atoms with Gasteiger partial charge in [-0.05, 0) is 44.6 Å². The Morgan fingerprint density at radius 2 is 2.11 bits per heavy atom. The molecule has 0 N–H and O–H groups in total. The average molecular weight is 273 g/mol. The number of halogens is 3. The number of rotatable bonds is 3. The first-order valence-corrected chi connectivity index (χ1v) is 6.47. The van der Waals surface area contributed by atoms with E-state index in [9.17, 15) is 13.2 Å². The van der Waals surface area contributed by atoms with Crippen molar-refractivity contribution in [2.24, 2.45) is 0 Å². The lowest BCUT2D eigenvalue weighted by Crippen LogP contribution is -2.40. The number of ether oxygens (including phenoxy) is 1. The summed E-state index contributed by atoms with van der Waals surface area (Å²) in [6, 6.07) is 5.35. The Kier molecular flexibility index (Phi) is 4.34. The summed E-state index contributed by atoms with van der Waals surface area (Å²) in [5.74, 6) is 0.286. The Hall–Kier alpha value is -1.23. The SMILES string of the molecule is CN1CCCCC1COc1cccc(C(F)(F)F)c1. The molecule has 0 spiro atoms. The topological polar surface area (TPSA) is 12.5 Å². The molecule has 1 aliphatic rings. The van der Waals surface area contributed by atoms with E-state index in [2.05, 4.69) is 4.90 Å². The number of likely N-dealkylation sites (tertiary alicyclic amines) is 1. The molecular formula is C14H18F3NO. The third-order valence-corrected chi connectivity index (χ3v) is 3.53. The third-order valence-electron chi connectivity index (χ3n) is 3.53. The minimum absolute atomic E-state index is 0.286. The Morgan fingerprint density at radius 1 is 1.32 bits per heavy atom. The summed E-state index contributed by atoms with van der Waals surface area (Å²) >= 11 is 0. The summed E-state index contributed by atoms with van der Waals surface area (Å²) in [5, 5.41) is 0. The first kappa shape index (κ1) is 14.2. The van der Waals surface area contributed by atoms with Crippen molar-refractivity contribution in [2.75, 3.05) is 20.2 Å². The summed E-state index contributed by atoms with van der Waals surface area (Å²) in [7, 11) is 2.03. The van der Waals surface area contributed by atoms with Gasteiger partial charge in [-0.25, -0.2) is 0 Å². The summed E-state index contributed by atoms with van der Waals surface area (Å²) in [4.78, 5) is 2.21. The number of hydrogen-bond donors (Lipinski definition) is 0. The molecule has 1 unspecified atom stereocenters. The Balaban J connectivity index is 1.96. The highest BCUT2D eigenvalue weighted by Gasteiger charge is 2.30. The van der Waals surface area contributed by atoms with E-state index in [0.717, 1.165) is 31.5 Å². The molecule has 19 heavy (non-hydrogen) atoms. The van der Waals surface area contributed by atoms with Crippen LogP contribution in [0.5, 0.6) is 5.75 Å². The van der Waals surface area contributed by atoms with Crippen LogP contribution in [0.2, 0.25) is 0 Å². The predicted molar refractivity (Wildman–Crippen MR) is 67.2 cm³/mol. The molecule has 1 saturated heterocycles. The first-order chi connectivity index (χ1) is 8.97. The molecule has 0 amide bonds. The van der Waals surface area contributed by atoms with Crippen molar-refractivity contribution >= 4 is 0 Å². The van der Waals surface area contributed by atoms with Crippen molar-refractivity contribution in [3.8, 4) is 5.75 Å². The first-order valence-electron chi connectivity index (χ1n) is 6.47. The maximum atomic E-state index is 12.6. The van der Waals surface area contributed by atoms with Crippen LogP contribution in [0.1, 0.15) is 24.8 Å². The Morgan fingerprint density at radius 3 is 2.79 bits per heavy atom. The van der Waals surface area contributed by atoms with Gasteiger partial charge < -0.3 is 9.64 Å². The molecular weight excluding hydrogens is 255 g/mol. The molecule has 5 heteroatoms. The molecule has 0 aromatic heterocycles. The van der Waals surface area contributed by atoms with Gasteiger partial charge in [-0.2, -0.15) is 13.2 Å². The number of piperidine rings is 1. The van der Waals surface area contributed by atoms with E-state index in [1.54, 1.807) is 6.07 Å². The summed E-state index contributed by atoms with van der Waals surface area (Å²) in [5.41, 5.74) is -0.665. The van der Waals surface area contributed by atoms with Gasteiger partial charge in [0, 0.05) is 6.04 Å². The lowest BCUT2D eigenvalue weighted by atomic mass is 10.0. The third kappa shape index (κ3) is 3.86. The van der Waals surface area contributed by atoms with E-state index in [-0.39, 0.29) is 5.75 Å². The maximum Gasteiger partial charge on any atom is 0.416 e. The van der Waals surface area contributed by atoms with Gasteiger partial charge in [0.2, 0.25) is 0 Å². The highest BCUT2D eigenvalue weighted by Crippen LogP contribution is 2.31. The minimum Gasteiger partial charge on any atom is -0.492 e. The summed E-state index contributed by atoms with van der Waals surface area (Å²) < 4.78 is 43.2. The molecule has 1 aromatic rings. The van der Waals surface area contributed by atoms with E-state index in [0.29, 0.717) is 12.6 Å². The lowest BCUT2D eigenvalue weighted by molar-refractivity contribution is -0.137. The van der Waals surface area contributed by atoms with Crippen molar-refractivity contribution in [1.29, 1.82) is 0 Å². The molecule has 2 nitrogen and oxygen atoms in total. The fourth-order valence-electron chi connectivity index (χ4n) is 2.31. The van der Waals surface area contributed by atoms with Gasteiger partial charge in [0.15, 0.2) is 0 Å². The van der Waals surface area contributed by atoms with Crippen LogP contribution in [0.4, 0.5) is 13.2 Å². The fourth-order valence-corrected chi connectivity index (χ4v) is 2.31. The van der Waals surface area contributed by atoms with Gasteiger partial charge in [-0.15, -0.1) is 0 Å². The van der Waals surface area contributed by atoms with E-state index in [1.807, 2.05) is 7.05 Å². The van der Waals surface area contributed by atoms with Crippen LogP contribution in [0.15, 0.2) is 24.3 Å². The quantitative estimate of drug-likeness (QED) is 0.834. The van der Waals surface area contributed by atoms with Gasteiger partial charge in [0.05, 0.1) is 5.56 Å². The summed E-state index contributed by atoms with van der Waals surface area (Å²) in [6.07, 6.45) is -0.950. The Labute approximate surface area is 111 Å². The molecule has 1 aromatic carbocycles. The van der Waals surface area contributed by atoms with Gasteiger partial charge in [0.1, 0.15) is 12.4 Å². The van der Waals surface area contributed by atoms with E-state index in [1.165, 1.54) is 12.5 Å². The molecule has 2 rings (SSSR count). The predicted octanol–water partition coefficient (Wildman–Crippen LogP) is 3.57. The number of nitrogens with zero attached hydrogens (tertiary/aromatic N) is 1. The number of benzene rings is 1. The van der Waals surface area contributed by atoms with Gasteiger partial charge in [-0.1, -0.05) is 12.5 Å². The van der Waals surface area contributed by atoms with Crippen LogP contribution >= 0.6 is 0 Å². The summed E-state index contributed by atoms with van der Waals surface area (Å²) in [6.45, 7) is 1.47. The molecule has 0 bridgehead atoms. The largest absolute Gasteiger partial charge is 0.492 e. The molecule has 0 radical (unpaired) electrons. The van der Waals surface area contributed by atoms with E-state index in [4.69, 9.17) is 4.74 Å². The van der Waals surface area contributed by atoms with E-state index < -0.39 is 11.7 Å². The second kappa shape index (κ2) is 5.82. The van der Waals surface area contributed by atoms with Gasteiger partial charge in [-0.3, -0.25) is 0 Å². The molecule has 1 aliphatic heterocycles. The van der Waals surface area contributed by atoms with Crippen LogP contribution in [0, 0.1) is 0 Å². The van der Waals surface area contributed by atoms with Crippen molar-refractivity contribution in [3.05, 3.63) is 29.8 Å². The fraction of sp³-hybridized carbons (Fsp3) is 0.571. The minimum atomic E-state index is -4.32. The number of likely N-dealkylation sites (N-methyl/N-ethyl adjacent to an activating group) is 1. The van der Waals surface area contributed by atoms with Crippen LogP contribution in [-0.4, -0.2) is 31.1 Å². The zero-order valence-corrected chi connectivity index (χ0v) is 10.9. The molecule has 1 heterocycles. The molecule has 0 saturated carbocycles. The van der Waals surface area contributed by atoms with Crippen LogP contribution in [0.3, 0.4) is 0 Å². The zero-order chi connectivity index (χ0) is 13.9. The highest BCUT2D eigenvalue weighted by atomic mass is 19.4. The molecule has 1 atom stereocenters. The Bertz CT molecular complexity index is 419. The van der Waals surface area contributed by atoms with Crippen molar-refractivity contribution in [2.45, 2.75) is 31.5 Å². The second-order valence-electron chi connectivity index (χ2n) is 4.97. The van der Waals surface area contributed by atoms with Crippen molar-refractivity contribution in [3.63, 3.8) is 0 Å². The number of hydrogen-bond acceptors (Lipinski definition) is 2. The van der Waals surface area contributed by atoms with Gasteiger partial charge >= 0.3 is 6.18 Å². The van der Waals surface area contributed by atoms with Gasteiger partial charge in [0.25, 0.3) is 0 Å². The van der Waals surface area contributed by atoms with E-state index >= 15 is 0 Å². The standard InChI is InChI=1S/C14H18F3NO/c1-18-8-3-2-6-12(18)10-19-13-7-4-5-11(9-13)14(15,16)17/h4-5,7,9,12H,2-3,6,8,10H2,1H3. The van der Waals surface area contributed by atoms with Crippen LogP contribution in [0.25, 0.3) is 0 Å². The molecule has 0 aliphatic carbocycles. The monoisotopic (exact) mass is 273 g/mol. The molecule has 106 valence electrons.